The van der Waals surface area contributed by atoms with E-state index in [1.807, 2.05) is 4.90 Å². The molecule has 2 saturated heterocycles. The fourth-order valence-electron chi connectivity index (χ4n) is 3.83. The molecule has 0 aliphatic carbocycles. The average molecular weight is 471 g/mol. The Morgan fingerprint density at radius 1 is 1.27 bits per heavy atom. The Morgan fingerprint density at radius 3 is 2.58 bits per heavy atom. The molecule has 2 aromatic rings. The number of halogens is 3. The Morgan fingerprint density at radius 2 is 1.97 bits per heavy atom. The van der Waals surface area contributed by atoms with Crippen LogP contribution < -0.4 is 5.32 Å². The molecule has 1 amide bonds. The predicted octanol–water partition coefficient (Wildman–Crippen LogP) is 2.67. The van der Waals surface area contributed by atoms with Crippen molar-refractivity contribution in [2.45, 2.75) is 50.5 Å². The van der Waals surface area contributed by atoms with Crippen molar-refractivity contribution in [2.24, 2.45) is 0 Å². The van der Waals surface area contributed by atoms with Gasteiger partial charge in [0.25, 0.3) is 5.91 Å². The van der Waals surface area contributed by atoms with E-state index >= 15 is 0 Å². The fraction of sp³-hybridized carbons (Fsp3) is 0.550. The van der Waals surface area contributed by atoms with Gasteiger partial charge in [0.05, 0.1) is 23.9 Å². The zero-order valence-electron chi connectivity index (χ0n) is 17.8. The highest BCUT2D eigenvalue weighted by Gasteiger charge is 2.45. The van der Waals surface area contributed by atoms with Gasteiger partial charge in [-0.05, 0) is 38.7 Å². The molecule has 2 aliphatic rings. The quantitative estimate of drug-likeness (QED) is 0.691. The van der Waals surface area contributed by atoms with E-state index in [0.717, 1.165) is 25.7 Å². The number of carbonyl (C=O) groups is 2. The van der Waals surface area contributed by atoms with Gasteiger partial charge in [0.1, 0.15) is 0 Å². The Balaban J connectivity index is 0.000000383. The van der Waals surface area contributed by atoms with E-state index in [-0.39, 0.29) is 17.6 Å². The summed E-state index contributed by atoms with van der Waals surface area (Å²) in [6, 6.07) is 1.79. The van der Waals surface area contributed by atoms with E-state index in [2.05, 4.69) is 20.3 Å². The SMILES string of the molecule is Cc1ncoc1C(=O)N1CC[C@]2(CCC[C@H](CNc3ncccn3)O2)C1.O=C(O)C(F)(F)F. The van der Waals surface area contributed by atoms with Gasteiger partial charge in [-0.1, -0.05) is 0 Å². The molecule has 2 aromatic heterocycles. The van der Waals surface area contributed by atoms with Crippen LogP contribution in [0.5, 0.6) is 0 Å². The summed E-state index contributed by atoms with van der Waals surface area (Å²) in [6.45, 7) is 3.74. The first kappa shape index (κ1) is 24.4. The molecule has 33 heavy (non-hydrogen) atoms. The number of ether oxygens (including phenoxy) is 1. The molecule has 0 bridgehead atoms. The minimum absolute atomic E-state index is 0.0922. The van der Waals surface area contributed by atoms with E-state index in [4.69, 9.17) is 19.1 Å². The van der Waals surface area contributed by atoms with Crippen LogP contribution in [0.25, 0.3) is 0 Å². The third-order valence-electron chi connectivity index (χ3n) is 5.41. The number of likely N-dealkylation sites (tertiary alicyclic amines) is 1. The van der Waals surface area contributed by atoms with E-state index in [1.54, 1.807) is 25.4 Å². The molecule has 2 N–H and O–H groups in total. The second kappa shape index (κ2) is 10.1. The highest BCUT2D eigenvalue weighted by Crippen LogP contribution is 2.37. The monoisotopic (exact) mass is 471 g/mol. The van der Waals surface area contributed by atoms with Crippen molar-refractivity contribution in [3.8, 4) is 0 Å². The predicted molar refractivity (Wildman–Crippen MR) is 107 cm³/mol. The summed E-state index contributed by atoms with van der Waals surface area (Å²) in [6.07, 6.45) is 3.67. The van der Waals surface area contributed by atoms with Crippen LogP contribution >= 0.6 is 0 Å². The highest BCUT2D eigenvalue weighted by molar-refractivity contribution is 5.92. The van der Waals surface area contributed by atoms with E-state index in [9.17, 15) is 18.0 Å². The number of rotatable bonds is 4. The summed E-state index contributed by atoms with van der Waals surface area (Å²) in [4.78, 5) is 35.7. The standard InChI is InChI=1S/C18H23N5O3.C2HF3O2/c1-13-15(25-12-22-13)16(24)23-9-6-18(11-23)5-2-4-14(26-18)10-21-17-19-7-3-8-20-17;3-2(4,5)1(6)7/h3,7-8,12,14H,2,4-6,9-11H2,1H3,(H,19,20,21);(H,6,7)/t14-,18-;/m1./s1. The first-order valence-electron chi connectivity index (χ1n) is 10.3. The van der Waals surface area contributed by atoms with Crippen molar-refractivity contribution in [3.63, 3.8) is 0 Å². The molecule has 1 spiro atoms. The highest BCUT2D eigenvalue weighted by atomic mass is 19.4. The van der Waals surface area contributed by atoms with Gasteiger partial charge in [-0.15, -0.1) is 0 Å². The second-order valence-corrected chi connectivity index (χ2v) is 7.81. The van der Waals surface area contributed by atoms with Crippen molar-refractivity contribution >= 4 is 17.8 Å². The minimum atomic E-state index is -5.08. The van der Waals surface area contributed by atoms with Gasteiger partial charge in [-0.25, -0.2) is 19.7 Å². The molecule has 180 valence electrons. The van der Waals surface area contributed by atoms with Gasteiger partial charge in [-0.2, -0.15) is 13.2 Å². The van der Waals surface area contributed by atoms with Crippen LogP contribution in [0.3, 0.4) is 0 Å². The van der Waals surface area contributed by atoms with E-state index < -0.39 is 12.1 Å². The van der Waals surface area contributed by atoms with Crippen LogP contribution in [0.1, 0.15) is 41.9 Å². The number of carboxylic acids is 1. The number of oxazole rings is 1. The van der Waals surface area contributed by atoms with Gasteiger partial charge in [0.15, 0.2) is 6.39 Å². The lowest BCUT2D eigenvalue weighted by Gasteiger charge is -2.38. The molecule has 13 heteroatoms. The Labute approximate surface area is 187 Å². The molecular weight excluding hydrogens is 447 g/mol. The van der Waals surface area contributed by atoms with Crippen molar-refractivity contribution in [3.05, 3.63) is 36.3 Å². The molecule has 0 radical (unpaired) electrons. The first-order valence-corrected chi connectivity index (χ1v) is 10.3. The molecule has 2 atom stereocenters. The molecule has 0 aromatic carbocycles. The molecular formula is C20H24F3N5O5. The maximum atomic E-state index is 12.7. The summed E-state index contributed by atoms with van der Waals surface area (Å²) in [5.41, 5.74) is 0.372. The van der Waals surface area contributed by atoms with Gasteiger partial charge >= 0.3 is 12.1 Å². The summed E-state index contributed by atoms with van der Waals surface area (Å²) in [5.74, 6) is -1.91. The number of hydrogen-bond acceptors (Lipinski definition) is 8. The minimum Gasteiger partial charge on any atom is -0.475 e. The first-order chi connectivity index (χ1) is 15.6. The normalized spacial score (nSPS) is 22.5. The largest absolute Gasteiger partial charge is 0.490 e. The number of anilines is 1. The van der Waals surface area contributed by atoms with Crippen LogP contribution in [0, 0.1) is 6.92 Å². The molecule has 10 nitrogen and oxygen atoms in total. The maximum absolute atomic E-state index is 12.7. The molecule has 2 aliphatic heterocycles. The van der Waals surface area contributed by atoms with Crippen LogP contribution in [-0.2, 0) is 9.53 Å². The van der Waals surface area contributed by atoms with E-state index in [0.29, 0.717) is 37.0 Å². The van der Waals surface area contributed by atoms with Gasteiger partial charge in [0.2, 0.25) is 11.7 Å². The number of hydrogen-bond donors (Lipinski definition) is 2. The van der Waals surface area contributed by atoms with Gasteiger partial charge < -0.3 is 24.5 Å². The zero-order valence-corrected chi connectivity index (χ0v) is 17.8. The fourth-order valence-corrected chi connectivity index (χ4v) is 3.83. The molecule has 0 saturated carbocycles. The number of nitrogens with one attached hydrogen (secondary N) is 1. The Kier molecular flexibility index (Phi) is 7.51. The molecule has 4 heterocycles. The van der Waals surface area contributed by atoms with Crippen molar-refractivity contribution in [1.29, 1.82) is 0 Å². The zero-order chi connectivity index (χ0) is 24.1. The van der Waals surface area contributed by atoms with Crippen molar-refractivity contribution in [2.75, 3.05) is 25.0 Å². The van der Waals surface area contributed by atoms with Gasteiger partial charge in [0, 0.05) is 25.5 Å². The van der Waals surface area contributed by atoms with Crippen LogP contribution in [0.2, 0.25) is 0 Å². The topological polar surface area (TPSA) is 131 Å². The number of carbonyl (C=O) groups excluding carboxylic acids is 1. The lowest BCUT2D eigenvalue weighted by atomic mass is 9.90. The molecule has 4 rings (SSSR count). The Hall–Kier alpha value is -3.22. The van der Waals surface area contributed by atoms with Crippen molar-refractivity contribution in [1.82, 2.24) is 19.9 Å². The number of nitrogens with zero attached hydrogens (tertiary/aromatic N) is 4. The maximum Gasteiger partial charge on any atom is 0.490 e. The summed E-state index contributed by atoms with van der Waals surface area (Å²) >= 11 is 0. The third-order valence-corrected chi connectivity index (χ3v) is 5.41. The number of aliphatic carboxylic acids is 1. The number of aryl methyl sites for hydroxylation is 1. The van der Waals surface area contributed by atoms with Crippen LogP contribution in [0.15, 0.2) is 29.3 Å². The van der Waals surface area contributed by atoms with E-state index in [1.165, 1.54) is 6.39 Å². The average Bonchev–Trinajstić information content (AvgIpc) is 3.39. The number of carboxylic acid groups (broad SMARTS) is 1. The van der Waals surface area contributed by atoms with Crippen LogP contribution in [-0.4, -0.2) is 74.4 Å². The smallest absolute Gasteiger partial charge is 0.475 e. The lowest BCUT2D eigenvalue weighted by Crippen LogP contribution is -2.45. The number of amides is 1. The molecule has 2 fully saturated rings. The van der Waals surface area contributed by atoms with Crippen molar-refractivity contribution < 1.29 is 37.0 Å². The lowest BCUT2D eigenvalue weighted by molar-refractivity contribution is -0.192. The van der Waals surface area contributed by atoms with Crippen LogP contribution in [0.4, 0.5) is 19.1 Å². The summed E-state index contributed by atoms with van der Waals surface area (Å²) in [7, 11) is 0. The summed E-state index contributed by atoms with van der Waals surface area (Å²) < 4.78 is 43.4. The number of aromatic nitrogens is 3. The molecule has 0 unspecified atom stereocenters. The Bertz CT molecular complexity index is 955. The van der Waals surface area contributed by atoms with Gasteiger partial charge in [-0.3, -0.25) is 4.79 Å². The number of alkyl halides is 3. The third kappa shape index (κ3) is 6.40. The second-order valence-electron chi connectivity index (χ2n) is 7.81. The summed E-state index contributed by atoms with van der Waals surface area (Å²) in [5, 5.41) is 10.4.